The molecule has 0 bridgehead atoms. The summed E-state index contributed by atoms with van der Waals surface area (Å²) in [6.45, 7) is 2.54. The number of para-hydroxylation sites is 1. The highest BCUT2D eigenvalue weighted by molar-refractivity contribution is 6.33. The molecule has 0 saturated carbocycles. The van der Waals surface area contributed by atoms with Gasteiger partial charge in [0, 0.05) is 6.61 Å². The molecule has 108 valence electrons. The fraction of sp³-hybridized carbons (Fsp3) is 0.429. The lowest BCUT2D eigenvalue weighted by atomic mass is 10.2. The topological polar surface area (TPSA) is 81.2 Å². The minimum absolute atomic E-state index is 0.0948. The normalized spacial score (nSPS) is 11.3. The van der Waals surface area contributed by atoms with Crippen molar-refractivity contribution in [2.45, 2.75) is 19.4 Å². The van der Waals surface area contributed by atoms with Gasteiger partial charge in [-0.2, -0.15) is 4.79 Å². The van der Waals surface area contributed by atoms with Crippen molar-refractivity contribution in [2.24, 2.45) is 0 Å². The van der Waals surface area contributed by atoms with Crippen LogP contribution in [-0.2, 0) is 14.3 Å². The highest BCUT2D eigenvalue weighted by Crippen LogP contribution is 2.10. The number of ether oxygens (including phenoxy) is 3. The molecular weight excluding hydrogens is 260 g/mol. The average molecular weight is 278 g/mol. The van der Waals surface area contributed by atoms with Gasteiger partial charge in [-0.1, -0.05) is 18.2 Å². The number of rotatable bonds is 8. The van der Waals surface area contributed by atoms with Crippen LogP contribution in [0, 0.1) is 0 Å². The number of methoxy groups -OCH3 is 1. The van der Waals surface area contributed by atoms with Crippen LogP contribution in [-0.4, -0.2) is 42.9 Å². The van der Waals surface area contributed by atoms with Gasteiger partial charge in [0.1, 0.15) is 18.5 Å². The predicted molar refractivity (Wildman–Crippen MR) is 72.6 cm³/mol. The van der Waals surface area contributed by atoms with E-state index in [-0.39, 0.29) is 18.7 Å². The summed E-state index contributed by atoms with van der Waals surface area (Å²) in [4.78, 5) is 14.3. The Labute approximate surface area is 117 Å². The van der Waals surface area contributed by atoms with E-state index in [1.54, 1.807) is 0 Å². The second kappa shape index (κ2) is 8.85. The van der Waals surface area contributed by atoms with Crippen LogP contribution in [0.1, 0.15) is 13.3 Å². The van der Waals surface area contributed by atoms with Crippen molar-refractivity contribution in [3.8, 4) is 5.75 Å². The lowest BCUT2D eigenvalue weighted by Crippen LogP contribution is -2.29. The first-order valence-corrected chi connectivity index (χ1v) is 6.30. The minimum Gasteiger partial charge on any atom is -0.491 e. The molecule has 0 aliphatic carbocycles. The number of hydrogen-bond donors (Lipinski definition) is 0. The first-order valence-electron chi connectivity index (χ1n) is 6.30. The molecule has 0 aliphatic rings. The number of nitrogens with zero attached hydrogens (tertiary/aromatic N) is 2. The molecule has 20 heavy (non-hydrogen) atoms. The van der Waals surface area contributed by atoms with Crippen LogP contribution < -0.4 is 4.74 Å². The third-order valence-corrected chi connectivity index (χ3v) is 2.54. The molecule has 0 aromatic heterocycles. The predicted octanol–water partition coefficient (Wildman–Crippen LogP) is 1.70. The van der Waals surface area contributed by atoms with E-state index in [9.17, 15) is 4.79 Å². The third-order valence-electron chi connectivity index (χ3n) is 2.54. The largest absolute Gasteiger partial charge is 0.491 e. The van der Waals surface area contributed by atoms with E-state index in [0.717, 1.165) is 0 Å². The molecule has 1 aromatic rings. The zero-order chi connectivity index (χ0) is 14.8. The van der Waals surface area contributed by atoms with Crippen LogP contribution in [0.3, 0.4) is 0 Å². The molecule has 1 aromatic carbocycles. The molecule has 1 atom stereocenters. The standard InChI is InChI=1S/C14H18N2O4/c1-3-19-12(9-13(16-15)14(17)18-2)10-20-11-7-5-4-6-8-11/h4-8,12H,3,9-10H2,1-2H3. The van der Waals surface area contributed by atoms with Crippen molar-refractivity contribution in [1.29, 1.82) is 0 Å². The summed E-state index contributed by atoms with van der Waals surface area (Å²) in [7, 11) is 1.23. The first kappa shape index (κ1) is 15.9. The molecule has 0 saturated heterocycles. The average Bonchev–Trinajstić information content (AvgIpc) is 2.50. The lowest BCUT2D eigenvalue weighted by Gasteiger charge is -2.15. The van der Waals surface area contributed by atoms with E-state index < -0.39 is 12.1 Å². The van der Waals surface area contributed by atoms with Crippen LogP contribution in [0.15, 0.2) is 30.3 Å². The Morgan fingerprint density at radius 1 is 1.35 bits per heavy atom. The van der Waals surface area contributed by atoms with E-state index in [4.69, 9.17) is 15.0 Å². The van der Waals surface area contributed by atoms with Gasteiger partial charge < -0.3 is 19.7 Å². The molecule has 6 heteroatoms. The molecule has 0 N–H and O–H groups in total. The summed E-state index contributed by atoms with van der Waals surface area (Å²) in [5.74, 6) is 0.0228. The molecule has 1 rings (SSSR count). The molecule has 0 amide bonds. The smallest absolute Gasteiger partial charge is 0.416 e. The maximum absolute atomic E-state index is 11.3. The van der Waals surface area contributed by atoms with Crippen LogP contribution >= 0.6 is 0 Å². The Bertz CT molecular complexity index is 469. The Morgan fingerprint density at radius 3 is 2.60 bits per heavy atom. The van der Waals surface area contributed by atoms with Crippen molar-refractivity contribution in [2.75, 3.05) is 20.3 Å². The summed E-state index contributed by atoms with van der Waals surface area (Å²) < 4.78 is 15.6. The van der Waals surface area contributed by atoms with Crippen molar-refractivity contribution in [1.82, 2.24) is 0 Å². The second-order valence-corrected chi connectivity index (χ2v) is 3.94. The quantitative estimate of drug-likeness (QED) is 0.314. The first-order chi connectivity index (χ1) is 9.71. The monoisotopic (exact) mass is 278 g/mol. The van der Waals surface area contributed by atoms with E-state index in [1.165, 1.54) is 7.11 Å². The van der Waals surface area contributed by atoms with E-state index in [0.29, 0.717) is 12.4 Å². The zero-order valence-corrected chi connectivity index (χ0v) is 11.6. The summed E-state index contributed by atoms with van der Waals surface area (Å²) in [6.07, 6.45) is -0.283. The van der Waals surface area contributed by atoms with Gasteiger partial charge in [-0.3, -0.25) is 0 Å². The van der Waals surface area contributed by atoms with Gasteiger partial charge >= 0.3 is 11.7 Å². The van der Waals surface area contributed by atoms with Gasteiger partial charge in [0.25, 0.3) is 0 Å². The van der Waals surface area contributed by atoms with Crippen LogP contribution in [0.4, 0.5) is 0 Å². The van der Waals surface area contributed by atoms with Crippen molar-refractivity contribution >= 4 is 11.7 Å². The van der Waals surface area contributed by atoms with Crippen LogP contribution in [0.2, 0.25) is 0 Å². The number of hydrogen-bond acceptors (Lipinski definition) is 4. The fourth-order valence-electron chi connectivity index (χ4n) is 1.61. The lowest BCUT2D eigenvalue weighted by molar-refractivity contribution is -0.138. The van der Waals surface area contributed by atoms with Gasteiger partial charge in [-0.15, -0.1) is 0 Å². The number of carbonyl (C=O) groups excluding carboxylic acids is 1. The zero-order valence-electron chi connectivity index (χ0n) is 11.6. The number of carbonyl (C=O) groups is 1. The van der Waals surface area contributed by atoms with Crippen LogP contribution in [0.5, 0.6) is 5.75 Å². The molecule has 0 radical (unpaired) electrons. The third kappa shape index (κ3) is 5.22. The number of esters is 1. The molecule has 0 aliphatic heterocycles. The second-order valence-electron chi connectivity index (χ2n) is 3.94. The Hall–Kier alpha value is -2.17. The van der Waals surface area contributed by atoms with Gasteiger partial charge in [0.2, 0.25) is 0 Å². The van der Waals surface area contributed by atoms with Gasteiger partial charge in [-0.05, 0) is 19.1 Å². The molecule has 6 nitrogen and oxygen atoms in total. The van der Waals surface area contributed by atoms with Crippen LogP contribution in [0.25, 0.3) is 5.53 Å². The molecule has 0 spiro atoms. The van der Waals surface area contributed by atoms with Gasteiger partial charge in [-0.25, -0.2) is 4.79 Å². The maximum atomic E-state index is 11.3. The molecule has 0 fully saturated rings. The summed E-state index contributed by atoms with van der Waals surface area (Å²) >= 11 is 0. The summed E-state index contributed by atoms with van der Waals surface area (Å²) in [5.41, 5.74) is 8.73. The molecule has 0 heterocycles. The molecule has 1 unspecified atom stereocenters. The summed E-state index contributed by atoms with van der Waals surface area (Å²) in [6, 6.07) is 9.26. The summed E-state index contributed by atoms with van der Waals surface area (Å²) in [5, 5.41) is 0. The Balaban J connectivity index is 2.60. The van der Waals surface area contributed by atoms with E-state index in [1.807, 2.05) is 37.3 Å². The molecular formula is C14H18N2O4. The highest BCUT2D eigenvalue weighted by Gasteiger charge is 2.26. The van der Waals surface area contributed by atoms with Gasteiger partial charge in [0.15, 0.2) is 0 Å². The van der Waals surface area contributed by atoms with E-state index >= 15 is 0 Å². The van der Waals surface area contributed by atoms with Crippen molar-refractivity contribution in [3.05, 3.63) is 35.9 Å². The minimum atomic E-state index is -0.683. The Kier molecular flexibility index (Phi) is 7.03. The van der Waals surface area contributed by atoms with Crippen molar-refractivity contribution in [3.63, 3.8) is 0 Å². The van der Waals surface area contributed by atoms with Gasteiger partial charge in [0.05, 0.1) is 13.5 Å². The van der Waals surface area contributed by atoms with Crippen molar-refractivity contribution < 1.29 is 23.8 Å². The fourth-order valence-corrected chi connectivity index (χ4v) is 1.61. The highest BCUT2D eigenvalue weighted by atomic mass is 16.5. The van der Waals surface area contributed by atoms with E-state index in [2.05, 4.69) is 9.53 Å². The SMILES string of the molecule is CCOC(COc1ccccc1)CC(=[N+]=[N-])C(=O)OC. The number of benzene rings is 1. The Morgan fingerprint density at radius 2 is 2.05 bits per heavy atom. The maximum Gasteiger partial charge on any atom is 0.416 e.